The zero-order valence-corrected chi connectivity index (χ0v) is 8.25. The third-order valence-electron chi connectivity index (χ3n) is 2.15. The van der Waals surface area contributed by atoms with E-state index in [0.717, 1.165) is 0 Å². The molecule has 0 unspecified atom stereocenters. The molecule has 0 saturated heterocycles. The monoisotopic (exact) mass is 216 g/mol. The lowest BCUT2D eigenvalue weighted by Crippen LogP contribution is -2.00. The van der Waals surface area contributed by atoms with Gasteiger partial charge in [-0.05, 0) is 5.56 Å². The highest BCUT2D eigenvalue weighted by Gasteiger charge is 2.24. The number of aliphatic carboxylic acids is 1. The van der Waals surface area contributed by atoms with Gasteiger partial charge in [0.05, 0.1) is 17.7 Å². The lowest BCUT2D eigenvalue weighted by atomic mass is 10.0. The predicted molar refractivity (Wildman–Crippen MR) is 55.5 cm³/mol. The Morgan fingerprint density at radius 1 is 1.19 bits per heavy atom. The summed E-state index contributed by atoms with van der Waals surface area (Å²) >= 11 is 0. The van der Waals surface area contributed by atoms with Crippen molar-refractivity contribution in [1.29, 1.82) is 0 Å². The summed E-state index contributed by atoms with van der Waals surface area (Å²) in [7, 11) is 0. The fourth-order valence-corrected chi connectivity index (χ4v) is 1.49. The number of benzene rings is 1. The number of hydrogen-bond acceptors (Lipinski definition) is 3. The van der Waals surface area contributed by atoms with Gasteiger partial charge in [0.1, 0.15) is 0 Å². The van der Waals surface area contributed by atoms with Gasteiger partial charge in [-0.15, -0.1) is 5.11 Å². The molecule has 1 aliphatic heterocycles. The summed E-state index contributed by atoms with van der Waals surface area (Å²) in [5.41, 5.74) is 1.14. The minimum absolute atomic E-state index is 0.212. The normalized spacial score (nSPS) is 14.6. The van der Waals surface area contributed by atoms with Crippen molar-refractivity contribution >= 4 is 17.4 Å². The first-order valence-corrected chi connectivity index (χ1v) is 4.65. The number of carbonyl (C=O) groups is 2. The van der Waals surface area contributed by atoms with Crippen LogP contribution in [0.4, 0.5) is 0 Å². The maximum atomic E-state index is 11.5. The Hall–Kier alpha value is -2.30. The molecule has 0 aliphatic carbocycles. The zero-order valence-electron chi connectivity index (χ0n) is 8.25. The van der Waals surface area contributed by atoms with Crippen LogP contribution in [0.3, 0.4) is 0 Å². The summed E-state index contributed by atoms with van der Waals surface area (Å²) in [6.07, 6.45) is -0.292. The van der Waals surface area contributed by atoms with Crippen molar-refractivity contribution in [3.63, 3.8) is 0 Å². The van der Waals surface area contributed by atoms with Crippen LogP contribution >= 0.6 is 0 Å². The summed E-state index contributed by atoms with van der Waals surface area (Å²) in [6.45, 7) is 0. The van der Waals surface area contributed by atoms with Gasteiger partial charge >= 0.3 is 5.97 Å². The molecule has 2 rings (SSSR count). The van der Waals surface area contributed by atoms with Gasteiger partial charge in [-0.1, -0.05) is 30.3 Å². The molecule has 0 spiro atoms. The molecule has 1 amide bonds. The van der Waals surface area contributed by atoms with Crippen LogP contribution in [-0.4, -0.2) is 17.0 Å². The molecule has 0 radical (unpaired) electrons. The Morgan fingerprint density at radius 2 is 1.88 bits per heavy atom. The number of azo groups is 1. The van der Waals surface area contributed by atoms with Gasteiger partial charge in [0.25, 0.3) is 5.91 Å². The SMILES string of the molecule is O=C(O)CC1=C(c2ccccc2)C(=O)N=N1. The van der Waals surface area contributed by atoms with Crippen LogP contribution in [0, 0.1) is 0 Å². The quantitative estimate of drug-likeness (QED) is 0.837. The number of amides is 1. The molecule has 0 atom stereocenters. The van der Waals surface area contributed by atoms with E-state index >= 15 is 0 Å². The highest BCUT2D eigenvalue weighted by Crippen LogP contribution is 2.28. The van der Waals surface area contributed by atoms with Crippen molar-refractivity contribution < 1.29 is 14.7 Å². The van der Waals surface area contributed by atoms with E-state index in [9.17, 15) is 9.59 Å². The molecule has 80 valence electrons. The number of carbonyl (C=O) groups excluding carboxylic acids is 1. The van der Waals surface area contributed by atoms with E-state index in [1.807, 2.05) is 6.07 Å². The molecule has 0 saturated carbocycles. The molecule has 1 aromatic carbocycles. The van der Waals surface area contributed by atoms with Gasteiger partial charge in [0, 0.05) is 0 Å². The van der Waals surface area contributed by atoms with Crippen LogP contribution in [0.5, 0.6) is 0 Å². The number of hydrogen-bond donors (Lipinski definition) is 1. The Labute approximate surface area is 91.1 Å². The van der Waals surface area contributed by atoms with Crippen LogP contribution in [0.25, 0.3) is 5.57 Å². The van der Waals surface area contributed by atoms with Crippen molar-refractivity contribution in [3.05, 3.63) is 41.6 Å². The molecule has 1 heterocycles. The summed E-state index contributed by atoms with van der Waals surface area (Å²) < 4.78 is 0. The van der Waals surface area contributed by atoms with E-state index in [-0.39, 0.29) is 17.7 Å². The van der Waals surface area contributed by atoms with Crippen molar-refractivity contribution in [2.75, 3.05) is 0 Å². The Kier molecular flexibility index (Phi) is 2.59. The minimum atomic E-state index is -1.03. The second-order valence-corrected chi connectivity index (χ2v) is 3.26. The van der Waals surface area contributed by atoms with E-state index in [4.69, 9.17) is 5.11 Å². The predicted octanol–water partition coefficient (Wildman–Crippen LogP) is 1.86. The van der Waals surface area contributed by atoms with E-state index < -0.39 is 11.9 Å². The fourth-order valence-electron chi connectivity index (χ4n) is 1.49. The van der Waals surface area contributed by atoms with E-state index in [1.54, 1.807) is 24.3 Å². The van der Waals surface area contributed by atoms with Crippen molar-refractivity contribution in [2.45, 2.75) is 6.42 Å². The molecule has 16 heavy (non-hydrogen) atoms. The summed E-state index contributed by atoms with van der Waals surface area (Å²) in [5.74, 6) is -1.51. The van der Waals surface area contributed by atoms with E-state index in [0.29, 0.717) is 5.56 Å². The largest absolute Gasteiger partial charge is 0.481 e. The average Bonchev–Trinajstić information content (AvgIpc) is 2.60. The second kappa shape index (κ2) is 4.06. The van der Waals surface area contributed by atoms with Gasteiger partial charge in [-0.2, -0.15) is 5.11 Å². The molecular weight excluding hydrogens is 208 g/mol. The molecular formula is C11H8N2O3. The second-order valence-electron chi connectivity index (χ2n) is 3.26. The summed E-state index contributed by atoms with van der Waals surface area (Å²) in [5, 5.41) is 15.6. The molecule has 0 fully saturated rings. The zero-order chi connectivity index (χ0) is 11.5. The molecule has 0 bridgehead atoms. The van der Waals surface area contributed by atoms with Crippen LogP contribution in [-0.2, 0) is 9.59 Å². The highest BCUT2D eigenvalue weighted by molar-refractivity contribution is 6.22. The van der Waals surface area contributed by atoms with Crippen LogP contribution < -0.4 is 0 Å². The lowest BCUT2D eigenvalue weighted by molar-refractivity contribution is -0.136. The van der Waals surface area contributed by atoms with Crippen molar-refractivity contribution in [3.8, 4) is 0 Å². The maximum Gasteiger partial charge on any atom is 0.309 e. The molecule has 0 aromatic heterocycles. The van der Waals surface area contributed by atoms with Crippen LogP contribution in [0.2, 0.25) is 0 Å². The molecule has 5 heteroatoms. The van der Waals surface area contributed by atoms with Gasteiger partial charge < -0.3 is 5.11 Å². The van der Waals surface area contributed by atoms with E-state index in [1.165, 1.54) is 0 Å². The third kappa shape index (κ3) is 1.88. The van der Waals surface area contributed by atoms with Gasteiger partial charge in [-0.25, -0.2) is 0 Å². The molecule has 1 aromatic rings. The van der Waals surface area contributed by atoms with Gasteiger partial charge in [-0.3, -0.25) is 9.59 Å². The average molecular weight is 216 g/mol. The third-order valence-corrected chi connectivity index (χ3v) is 2.15. The smallest absolute Gasteiger partial charge is 0.309 e. The Morgan fingerprint density at radius 3 is 2.50 bits per heavy atom. The van der Waals surface area contributed by atoms with Gasteiger partial charge in [0.15, 0.2) is 0 Å². The minimum Gasteiger partial charge on any atom is -0.481 e. The van der Waals surface area contributed by atoms with Crippen molar-refractivity contribution in [2.24, 2.45) is 10.2 Å². The number of nitrogens with zero attached hydrogens (tertiary/aromatic N) is 2. The number of rotatable bonds is 3. The number of carboxylic acid groups (broad SMARTS) is 1. The fraction of sp³-hybridized carbons (Fsp3) is 0.0909. The topological polar surface area (TPSA) is 79.1 Å². The molecule has 1 N–H and O–H groups in total. The first-order valence-electron chi connectivity index (χ1n) is 4.65. The standard InChI is InChI=1S/C11H8N2O3/c14-9(15)6-8-10(11(16)13-12-8)7-4-2-1-3-5-7/h1-5H,6H2,(H,14,15). The van der Waals surface area contributed by atoms with Crippen molar-refractivity contribution in [1.82, 2.24) is 0 Å². The van der Waals surface area contributed by atoms with Gasteiger partial charge in [0.2, 0.25) is 0 Å². The Balaban J connectivity index is 2.44. The summed E-state index contributed by atoms with van der Waals surface area (Å²) in [4.78, 5) is 22.0. The summed E-state index contributed by atoms with van der Waals surface area (Å²) in [6, 6.07) is 8.81. The molecule has 1 aliphatic rings. The number of carboxylic acids is 1. The highest BCUT2D eigenvalue weighted by atomic mass is 16.4. The maximum absolute atomic E-state index is 11.5. The van der Waals surface area contributed by atoms with E-state index in [2.05, 4.69) is 10.2 Å². The Bertz CT molecular complexity index is 503. The first-order chi connectivity index (χ1) is 7.68. The molecule has 5 nitrogen and oxygen atoms in total. The first kappa shape index (κ1) is 10.2. The van der Waals surface area contributed by atoms with Crippen LogP contribution in [0.15, 0.2) is 46.3 Å². The lowest BCUT2D eigenvalue weighted by Gasteiger charge is -2.00. The van der Waals surface area contributed by atoms with Crippen LogP contribution in [0.1, 0.15) is 12.0 Å².